The summed E-state index contributed by atoms with van der Waals surface area (Å²) in [4.78, 5) is 33.0. The maximum Gasteiger partial charge on any atom is 0.257 e. The van der Waals surface area contributed by atoms with Crippen LogP contribution >= 0.6 is 34.8 Å². The van der Waals surface area contributed by atoms with Crippen LogP contribution in [0.5, 0.6) is 0 Å². The predicted molar refractivity (Wildman–Crippen MR) is 144 cm³/mol. The number of rotatable bonds is 7. The van der Waals surface area contributed by atoms with Gasteiger partial charge in [-0.3, -0.25) is 9.59 Å². The average molecular weight is 546 g/mol. The summed E-state index contributed by atoms with van der Waals surface area (Å²) in [6.45, 7) is 3.87. The number of nitrogens with one attached hydrogen (secondary N) is 2. The lowest BCUT2D eigenvalue weighted by molar-refractivity contribution is 0.0992. The number of carbonyl (C=O) groups is 2. The first-order chi connectivity index (χ1) is 17.2. The molecular weight excluding hydrogens is 523 g/mol. The van der Waals surface area contributed by atoms with Gasteiger partial charge in [-0.05, 0) is 54.4 Å². The van der Waals surface area contributed by atoms with E-state index in [1.165, 1.54) is 6.20 Å². The molecule has 0 saturated carbocycles. The topological polar surface area (TPSA) is 95.4 Å². The number of morpholine rings is 1. The van der Waals surface area contributed by atoms with Crippen molar-refractivity contribution in [1.29, 1.82) is 5.41 Å². The van der Waals surface area contributed by atoms with Crippen LogP contribution in [0.4, 0.5) is 11.5 Å². The highest BCUT2D eigenvalue weighted by Crippen LogP contribution is 2.32. The number of ketones is 1. The summed E-state index contributed by atoms with van der Waals surface area (Å²) in [5, 5.41) is 11.6. The van der Waals surface area contributed by atoms with E-state index in [1.807, 2.05) is 0 Å². The number of anilines is 2. The van der Waals surface area contributed by atoms with Crippen LogP contribution in [0, 0.1) is 5.41 Å². The van der Waals surface area contributed by atoms with Crippen molar-refractivity contribution in [3.05, 3.63) is 86.0 Å². The van der Waals surface area contributed by atoms with Crippen molar-refractivity contribution in [2.45, 2.75) is 13.3 Å². The van der Waals surface area contributed by atoms with Gasteiger partial charge in [0, 0.05) is 53.3 Å². The number of amides is 1. The lowest BCUT2D eigenvalue weighted by Crippen LogP contribution is -2.37. The molecular formula is C26H23Cl3N4O3. The fourth-order valence-electron chi connectivity index (χ4n) is 3.96. The number of halogens is 3. The van der Waals surface area contributed by atoms with Crippen molar-refractivity contribution in [3.63, 3.8) is 0 Å². The van der Waals surface area contributed by atoms with Gasteiger partial charge >= 0.3 is 0 Å². The Morgan fingerprint density at radius 2 is 1.78 bits per heavy atom. The molecule has 1 aliphatic heterocycles. The van der Waals surface area contributed by atoms with Crippen LogP contribution in [-0.2, 0) is 11.2 Å². The number of pyridine rings is 1. The van der Waals surface area contributed by atoms with Gasteiger partial charge in [-0.15, -0.1) is 0 Å². The Labute approximate surface area is 223 Å². The number of carbonyl (C=O) groups excluding carboxylic acids is 2. The van der Waals surface area contributed by atoms with Gasteiger partial charge in [0.25, 0.3) is 5.91 Å². The smallest absolute Gasteiger partial charge is 0.257 e. The Kier molecular flexibility index (Phi) is 8.26. The van der Waals surface area contributed by atoms with E-state index in [0.29, 0.717) is 70.3 Å². The molecule has 0 unspecified atom stereocenters. The summed E-state index contributed by atoms with van der Waals surface area (Å²) < 4.78 is 5.48. The minimum absolute atomic E-state index is 0.0801. The number of nitrogens with zero attached hydrogens (tertiary/aromatic N) is 2. The number of ether oxygens (including phenoxy) is 1. The monoisotopic (exact) mass is 544 g/mol. The van der Waals surface area contributed by atoms with E-state index in [9.17, 15) is 9.59 Å². The maximum absolute atomic E-state index is 13.4. The van der Waals surface area contributed by atoms with Gasteiger partial charge in [-0.1, -0.05) is 40.9 Å². The van der Waals surface area contributed by atoms with E-state index >= 15 is 0 Å². The Balaban J connectivity index is 1.74. The molecule has 0 radical (unpaired) electrons. The molecule has 0 atom stereocenters. The molecule has 0 bridgehead atoms. The highest BCUT2D eigenvalue weighted by atomic mass is 35.5. The molecule has 2 N–H and O–H groups in total. The minimum atomic E-state index is -0.453. The van der Waals surface area contributed by atoms with Crippen molar-refractivity contribution in [2.75, 3.05) is 36.5 Å². The van der Waals surface area contributed by atoms with Crippen LogP contribution in [0.1, 0.15) is 38.8 Å². The molecule has 1 aliphatic rings. The lowest BCUT2D eigenvalue weighted by Gasteiger charge is -2.31. The summed E-state index contributed by atoms with van der Waals surface area (Å²) >= 11 is 18.7. The highest BCUT2D eigenvalue weighted by Gasteiger charge is 2.25. The van der Waals surface area contributed by atoms with Crippen LogP contribution < -0.4 is 10.2 Å². The number of hydrogen-bond acceptors (Lipinski definition) is 6. The molecule has 10 heteroatoms. The van der Waals surface area contributed by atoms with Crippen molar-refractivity contribution in [2.24, 2.45) is 0 Å². The van der Waals surface area contributed by atoms with Crippen LogP contribution in [0.3, 0.4) is 0 Å². The molecule has 1 aromatic heterocycles. The molecule has 0 aliphatic carbocycles. The molecule has 3 aromatic rings. The Morgan fingerprint density at radius 1 is 1.03 bits per heavy atom. The van der Waals surface area contributed by atoms with Crippen LogP contribution in [0.15, 0.2) is 48.7 Å². The van der Waals surface area contributed by atoms with E-state index in [4.69, 9.17) is 44.9 Å². The lowest BCUT2D eigenvalue weighted by atomic mass is 9.95. The van der Waals surface area contributed by atoms with Gasteiger partial charge in [0.1, 0.15) is 5.82 Å². The van der Waals surface area contributed by atoms with Gasteiger partial charge in [-0.2, -0.15) is 0 Å². The zero-order chi connectivity index (χ0) is 25.8. The normalized spacial score (nSPS) is 13.4. The average Bonchev–Trinajstić information content (AvgIpc) is 2.86. The van der Waals surface area contributed by atoms with Gasteiger partial charge in [-0.25, -0.2) is 4.98 Å². The van der Waals surface area contributed by atoms with Crippen LogP contribution in [0.2, 0.25) is 15.1 Å². The zero-order valence-electron chi connectivity index (χ0n) is 19.4. The van der Waals surface area contributed by atoms with Crippen molar-refractivity contribution < 1.29 is 14.3 Å². The number of Topliss-reactive ketones (excluding diaryl/α,β-unsaturated/α-hetero) is 1. The van der Waals surface area contributed by atoms with Crippen LogP contribution in [0.25, 0.3) is 0 Å². The first-order valence-corrected chi connectivity index (χ1v) is 12.3. The van der Waals surface area contributed by atoms with Crippen molar-refractivity contribution in [1.82, 2.24) is 4.98 Å². The van der Waals surface area contributed by atoms with Crippen molar-refractivity contribution >= 4 is 63.7 Å². The third-order valence-corrected chi connectivity index (χ3v) is 6.55. The fourth-order valence-corrected chi connectivity index (χ4v) is 4.57. The zero-order valence-corrected chi connectivity index (χ0v) is 21.7. The molecule has 7 nitrogen and oxygen atoms in total. The minimum Gasteiger partial charge on any atom is -0.378 e. The molecule has 2 aromatic carbocycles. The number of benzene rings is 2. The highest BCUT2D eigenvalue weighted by molar-refractivity contribution is 6.34. The van der Waals surface area contributed by atoms with E-state index in [-0.39, 0.29) is 22.8 Å². The van der Waals surface area contributed by atoms with Gasteiger partial charge in [0.2, 0.25) is 0 Å². The maximum atomic E-state index is 13.4. The second-order valence-corrected chi connectivity index (χ2v) is 9.57. The SMILES string of the molecule is CC(=N)c1ccc(C(=O)Cc2c(C(=O)Nc3ccc(Cl)cn3)cc(Cl)cc2N2CCOCC2)c(Cl)c1. The van der Waals surface area contributed by atoms with E-state index < -0.39 is 5.91 Å². The van der Waals surface area contributed by atoms with Crippen molar-refractivity contribution in [3.8, 4) is 0 Å². The molecule has 186 valence electrons. The van der Waals surface area contributed by atoms with E-state index in [0.717, 1.165) is 0 Å². The predicted octanol–water partition coefficient (Wildman–Crippen LogP) is 5.94. The molecule has 4 rings (SSSR count). The van der Waals surface area contributed by atoms with E-state index in [1.54, 1.807) is 49.4 Å². The van der Waals surface area contributed by atoms with Gasteiger partial charge in [0.05, 0.1) is 23.3 Å². The Morgan fingerprint density at radius 3 is 2.42 bits per heavy atom. The number of hydrogen-bond donors (Lipinski definition) is 2. The summed E-state index contributed by atoms with van der Waals surface area (Å²) in [5.74, 6) is -0.398. The largest absolute Gasteiger partial charge is 0.378 e. The Hall–Kier alpha value is -2.97. The fraction of sp³-hybridized carbons (Fsp3) is 0.231. The molecule has 1 fully saturated rings. The molecule has 2 heterocycles. The van der Waals surface area contributed by atoms with Gasteiger partial charge in [0.15, 0.2) is 5.78 Å². The molecule has 1 amide bonds. The molecule has 0 spiro atoms. The third-order valence-electron chi connectivity index (χ3n) is 5.80. The second kappa shape index (κ2) is 11.4. The Bertz CT molecular complexity index is 1320. The third kappa shape index (κ3) is 6.05. The quantitative estimate of drug-likeness (QED) is 0.283. The number of aromatic nitrogens is 1. The summed E-state index contributed by atoms with van der Waals surface area (Å²) in [5.41, 5.74) is 2.77. The molecule has 36 heavy (non-hydrogen) atoms. The summed E-state index contributed by atoms with van der Waals surface area (Å²) in [7, 11) is 0. The van der Waals surface area contributed by atoms with E-state index in [2.05, 4.69) is 15.2 Å². The van der Waals surface area contributed by atoms with Gasteiger partial charge < -0.3 is 20.4 Å². The summed E-state index contributed by atoms with van der Waals surface area (Å²) in [6.07, 6.45) is 1.35. The second-order valence-electron chi connectivity index (χ2n) is 8.29. The van der Waals surface area contributed by atoms with Crippen LogP contribution in [-0.4, -0.2) is 48.7 Å². The summed E-state index contributed by atoms with van der Waals surface area (Å²) in [6, 6.07) is 11.4. The first kappa shape index (κ1) is 26.1. The first-order valence-electron chi connectivity index (χ1n) is 11.2. The molecule has 1 saturated heterocycles. The standard InChI is InChI=1S/C26H23Cl3N4O3/c1-15(30)16-2-4-19(22(29)10-16)24(34)13-20-21(26(35)32-25-5-3-17(27)14-31-25)11-18(28)12-23(20)33-6-8-36-9-7-33/h2-5,10-12,14,30H,6-9,13H2,1H3,(H,31,32,35).